The van der Waals surface area contributed by atoms with Gasteiger partial charge in [0.2, 0.25) is 0 Å². The predicted octanol–water partition coefficient (Wildman–Crippen LogP) is 10.6. The van der Waals surface area contributed by atoms with Crippen molar-refractivity contribution in [2.24, 2.45) is 0 Å². The van der Waals surface area contributed by atoms with E-state index in [4.69, 9.17) is 0 Å². The summed E-state index contributed by atoms with van der Waals surface area (Å²) < 4.78 is 0. The zero-order valence-electron chi connectivity index (χ0n) is 21.6. The Kier molecular flexibility index (Phi) is 8.52. The van der Waals surface area contributed by atoms with Crippen molar-refractivity contribution in [1.82, 2.24) is 0 Å². The van der Waals surface area contributed by atoms with Crippen LogP contribution in [0.15, 0.2) is 153 Å². The molecule has 4 rings (SSSR count). The largest absolute Gasteiger partial charge is 0.310 e. The van der Waals surface area contributed by atoms with E-state index < -0.39 is 0 Å². The molecular weight excluding hydrogens is 446 g/mol. The fraction of sp³-hybridized carbons (Fsp3) is 0.0556. The van der Waals surface area contributed by atoms with Crippen LogP contribution in [0, 0.1) is 0 Å². The van der Waals surface area contributed by atoms with E-state index in [0.717, 1.165) is 28.2 Å². The highest BCUT2D eigenvalue weighted by molar-refractivity contribution is 5.84. The summed E-state index contributed by atoms with van der Waals surface area (Å²) in [6, 6.07) is 36.6. The number of rotatable bonds is 9. The van der Waals surface area contributed by atoms with Crippen LogP contribution in [0.4, 0.5) is 17.1 Å². The molecule has 0 saturated carbocycles. The van der Waals surface area contributed by atoms with Gasteiger partial charge in [0.1, 0.15) is 0 Å². The number of hydrogen-bond acceptors (Lipinski definition) is 1. The molecule has 0 unspecified atom stereocenters. The smallest absolute Gasteiger partial charge is 0.0467 e. The van der Waals surface area contributed by atoms with Crippen LogP contribution in [-0.2, 0) is 0 Å². The molecule has 0 aliphatic rings. The molecule has 0 saturated heterocycles. The van der Waals surface area contributed by atoms with E-state index in [9.17, 15) is 0 Å². The van der Waals surface area contributed by atoms with Crippen LogP contribution in [0.5, 0.6) is 0 Å². The van der Waals surface area contributed by atoms with Gasteiger partial charge in [0.15, 0.2) is 0 Å². The maximum absolute atomic E-state index is 3.96. The summed E-state index contributed by atoms with van der Waals surface area (Å²) in [5.41, 5.74) is 10.2. The average Bonchev–Trinajstić information content (AvgIpc) is 2.96. The van der Waals surface area contributed by atoms with Crippen molar-refractivity contribution >= 4 is 28.2 Å². The van der Waals surface area contributed by atoms with E-state index in [0.29, 0.717) is 0 Å². The molecule has 0 amide bonds. The summed E-state index contributed by atoms with van der Waals surface area (Å²) in [6.45, 7) is 11.9. The number of anilines is 3. The van der Waals surface area contributed by atoms with Crippen LogP contribution in [-0.4, -0.2) is 0 Å². The average molecular weight is 480 g/mol. The van der Waals surface area contributed by atoms with E-state index >= 15 is 0 Å². The van der Waals surface area contributed by atoms with Crippen molar-refractivity contribution in [2.45, 2.75) is 13.8 Å². The van der Waals surface area contributed by atoms with E-state index in [-0.39, 0.29) is 0 Å². The van der Waals surface area contributed by atoms with Gasteiger partial charge in [-0.15, -0.1) is 0 Å². The lowest BCUT2D eigenvalue weighted by Crippen LogP contribution is -2.10. The maximum atomic E-state index is 3.96. The first kappa shape index (κ1) is 25.5. The molecule has 182 valence electrons. The van der Waals surface area contributed by atoms with Gasteiger partial charge in [0.25, 0.3) is 0 Å². The number of hydrogen-bond donors (Lipinski definition) is 0. The molecule has 4 aromatic rings. The highest BCUT2D eigenvalue weighted by Gasteiger charge is 2.15. The number of benzene rings is 4. The minimum absolute atomic E-state index is 1.05. The second kappa shape index (κ2) is 12.4. The van der Waals surface area contributed by atoms with Crippen molar-refractivity contribution < 1.29 is 0 Å². The minimum Gasteiger partial charge on any atom is -0.310 e. The highest BCUT2D eigenvalue weighted by Crippen LogP contribution is 2.38. The molecule has 1 heteroatoms. The van der Waals surface area contributed by atoms with E-state index in [1.165, 1.54) is 22.3 Å². The molecule has 0 fully saturated rings. The summed E-state index contributed by atoms with van der Waals surface area (Å²) >= 11 is 0. The van der Waals surface area contributed by atoms with Crippen LogP contribution < -0.4 is 4.90 Å². The Morgan fingerprint density at radius 1 is 0.622 bits per heavy atom. The van der Waals surface area contributed by atoms with Crippen LogP contribution >= 0.6 is 0 Å². The van der Waals surface area contributed by atoms with Gasteiger partial charge in [-0.25, -0.2) is 0 Å². The van der Waals surface area contributed by atoms with Gasteiger partial charge in [-0.3, -0.25) is 0 Å². The molecule has 0 bridgehead atoms. The quantitative estimate of drug-likeness (QED) is 0.216. The molecule has 1 nitrogen and oxygen atoms in total. The maximum Gasteiger partial charge on any atom is 0.0467 e. The Morgan fingerprint density at radius 2 is 1.30 bits per heavy atom. The fourth-order valence-electron chi connectivity index (χ4n) is 4.48. The highest BCUT2D eigenvalue weighted by atomic mass is 15.1. The first-order valence-corrected chi connectivity index (χ1v) is 12.6. The fourth-order valence-corrected chi connectivity index (χ4v) is 4.48. The summed E-state index contributed by atoms with van der Waals surface area (Å²) in [7, 11) is 0. The summed E-state index contributed by atoms with van der Waals surface area (Å²) in [5.74, 6) is 0. The van der Waals surface area contributed by atoms with Gasteiger partial charge in [0.05, 0.1) is 0 Å². The molecule has 0 atom stereocenters. The van der Waals surface area contributed by atoms with Crippen LogP contribution in [0.25, 0.3) is 22.3 Å². The Bertz CT molecular complexity index is 1450. The van der Waals surface area contributed by atoms with Crippen molar-refractivity contribution in [2.75, 3.05) is 4.90 Å². The van der Waals surface area contributed by atoms with E-state index in [1.807, 2.05) is 12.2 Å². The molecule has 37 heavy (non-hydrogen) atoms. The van der Waals surface area contributed by atoms with Crippen molar-refractivity contribution in [3.05, 3.63) is 164 Å². The molecule has 0 aliphatic heterocycles. The van der Waals surface area contributed by atoms with Crippen molar-refractivity contribution in [3.63, 3.8) is 0 Å². The van der Waals surface area contributed by atoms with Crippen LogP contribution in [0.2, 0.25) is 0 Å². The van der Waals surface area contributed by atoms with Gasteiger partial charge in [-0.1, -0.05) is 116 Å². The van der Waals surface area contributed by atoms with Gasteiger partial charge >= 0.3 is 0 Å². The standard InChI is InChI=1S/C36H33N/c1-5-14-28(7-3)31-22-24-34(25-23-31)37(35-20-12-18-32(26-35)29(8-4)15-6-2)36-21-13-19-33(27-36)30-16-10-9-11-17-30/h5-27H,1,3H2,2,4H3/b15-6-,28-14+,29-8+. The zero-order valence-corrected chi connectivity index (χ0v) is 21.6. The first-order valence-electron chi connectivity index (χ1n) is 12.6. The lowest BCUT2D eigenvalue weighted by atomic mass is 10.0. The van der Waals surface area contributed by atoms with Crippen molar-refractivity contribution in [1.29, 1.82) is 0 Å². The van der Waals surface area contributed by atoms with Crippen LogP contribution in [0.1, 0.15) is 25.0 Å². The minimum atomic E-state index is 1.05. The summed E-state index contributed by atoms with van der Waals surface area (Å²) in [4.78, 5) is 2.31. The monoisotopic (exact) mass is 479 g/mol. The van der Waals surface area contributed by atoms with Gasteiger partial charge < -0.3 is 4.90 Å². The third-order valence-corrected chi connectivity index (χ3v) is 6.28. The first-order chi connectivity index (χ1) is 18.2. The Labute approximate surface area is 221 Å². The molecule has 0 N–H and O–H groups in total. The molecule has 0 heterocycles. The zero-order chi connectivity index (χ0) is 26.0. The number of allylic oxidation sites excluding steroid dienone is 8. The lowest BCUT2D eigenvalue weighted by Gasteiger charge is -2.27. The Balaban J connectivity index is 1.86. The lowest BCUT2D eigenvalue weighted by molar-refractivity contribution is 1.28. The molecule has 0 radical (unpaired) electrons. The van der Waals surface area contributed by atoms with E-state index in [2.05, 4.69) is 153 Å². The van der Waals surface area contributed by atoms with Crippen LogP contribution in [0.3, 0.4) is 0 Å². The number of nitrogens with zero attached hydrogens (tertiary/aromatic N) is 1. The predicted molar refractivity (Wildman–Crippen MR) is 163 cm³/mol. The summed E-state index contributed by atoms with van der Waals surface area (Å²) in [6.07, 6.45) is 12.0. The third kappa shape index (κ3) is 5.97. The topological polar surface area (TPSA) is 3.24 Å². The third-order valence-electron chi connectivity index (χ3n) is 6.28. The second-order valence-corrected chi connectivity index (χ2v) is 8.65. The van der Waals surface area contributed by atoms with E-state index in [1.54, 1.807) is 6.08 Å². The molecular formula is C36H33N. The van der Waals surface area contributed by atoms with Gasteiger partial charge in [-0.2, -0.15) is 0 Å². The SMILES string of the molecule is C=C/C=C(\C=C)c1ccc(N(c2cccc(C(/C=C\C)=C/C)c2)c2cccc(-c3ccccc3)c2)cc1. The Morgan fingerprint density at radius 3 is 1.95 bits per heavy atom. The van der Waals surface area contributed by atoms with Gasteiger partial charge in [0, 0.05) is 17.1 Å². The molecule has 4 aromatic carbocycles. The van der Waals surface area contributed by atoms with Gasteiger partial charge in [-0.05, 0) is 83.6 Å². The summed E-state index contributed by atoms with van der Waals surface area (Å²) in [5, 5.41) is 0. The van der Waals surface area contributed by atoms with Crippen molar-refractivity contribution in [3.8, 4) is 11.1 Å². The molecule has 0 spiro atoms. The Hall–Kier alpha value is -4.62. The molecule has 0 aromatic heterocycles. The normalized spacial score (nSPS) is 11.9. The molecule has 0 aliphatic carbocycles. The second-order valence-electron chi connectivity index (χ2n) is 8.65.